The van der Waals surface area contributed by atoms with E-state index in [1.165, 1.54) is 6.26 Å². The molecule has 1 fully saturated rings. The van der Waals surface area contributed by atoms with Crippen molar-refractivity contribution in [2.75, 3.05) is 27.2 Å². The van der Waals surface area contributed by atoms with Gasteiger partial charge in [0.1, 0.15) is 0 Å². The van der Waals surface area contributed by atoms with Crippen LogP contribution in [0.1, 0.15) is 49.7 Å². The number of carbonyl (C=O) groups is 1. The summed E-state index contributed by atoms with van der Waals surface area (Å²) in [6.07, 6.45) is 3.25. The number of rotatable bonds is 7. The van der Waals surface area contributed by atoms with Crippen LogP contribution < -0.4 is 16.0 Å². The smallest absolute Gasteiger partial charge is 0.287 e. The molecule has 3 N–H and O–H groups in total. The van der Waals surface area contributed by atoms with Crippen molar-refractivity contribution in [2.24, 2.45) is 10.4 Å². The molecular formula is C19H32N4O3. The molecule has 7 heteroatoms. The fraction of sp³-hybridized carbons (Fsp3) is 0.684. The minimum absolute atomic E-state index is 0.0221. The van der Waals surface area contributed by atoms with Gasteiger partial charge in [0.2, 0.25) is 0 Å². The summed E-state index contributed by atoms with van der Waals surface area (Å²) in [5.74, 6) is 0.975. The normalized spacial score (nSPS) is 24.7. The lowest BCUT2D eigenvalue weighted by atomic mass is 9.56. The van der Waals surface area contributed by atoms with Gasteiger partial charge in [-0.25, -0.2) is 0 Å². The predicted molar refractivity (Wildman–Crippen MR) is 102 cm³/mol. The van der Waals surface area contributed by atoms with Gasteiger partial charge in [-0.3, -0.25) is 9.79 Å². The van der Waals surface area contributed by atoms with E-state index in [4.69, 9.17) is 9.15 Å². The molecular weight excluding hydrogens is 332 g/mol. The standard InChI is InChI=1S/C19H32N4O3/c1-13-8-11-26-15(13)16(24)21-9-7-10-22-17(20-5)23-14-12-19(4,25-6)18(14,2)3/h8,11,14H,7,9-10,12H2,1-6H3,(H,21,24)(H2,20,22,23). The van der Waals surface area contributed by atoms with E-state index in [2.05, 4.69) is 41.7 Å². The van der Waals surface area contributed by atoms with Crippen LogP contribution in [0.4, 0.5) is 0 Å². The zero-order valence-corrected chi connectivity index (χ0v) is 16.7. The lowest BCUT2D eigenvalue weighted by molar-refractivity contribution is -0.176. The van der Waals surface area contributed by atoms with E-state index in [0.29, 0.717) is 24.9 Å². The van der Waals surface area contributed by atoms with Gasteiger partial charge in [0.25, 0.3) is 5.91 Å². The summed E-state index contributed by atoms with van der Waals surface area (Å²) in [6.45, 7) is 9.69. The van der Waals surface area contributed by atoms with Gasteiger partial charge in [-0.05, 0) is 32.8 Å². The molecule has 1 aliphatic carbocycles. The van der Waals surface area contributed by atoms with Crippen LogP contribution in [0.15, 0.2) is 21.7 Å². The van der Waals surface area contributed by atoms with E-state index >= 15 is 0 Å². The Labute approximate surface area is 156 Å². The van der Waals surface area contributed by atoms with Gasteiger partial charge in [0, 0.05) is 44.3 Å². The first kappa shape index (κ1) is 20.3. The second kappa shape index (κ2) is 8.12. The van der Waals surface area contributed by atoms with Gasteiger partial charge in [0.05, 0.1) is 11.9 Å². The van der Waals surface area contributed by atoms with Crippen molar-refractivity contribution >= 4 is 11.9 Å². The molecule has 1 saturated carbocycles. The summed E-state index contributed by atoms with van der Waals surface area (Å²) in [6, 6.07) is 2.09. The van der Waals surface area contributed by atoms with Crippen molar-refractivity contribution in [1.29, 1.82) is 0 Å². The number of carbonyl (C=O) groups excluding carboxylic acids is 1. The quantitative estimate of drug-likeness (QED) is 0.392. The SMILES string of the molecule is CN=C(NCCCNC(=O)c1occc1C)NC1CC(C)(OC)C1(C)C. The number of ether oxygens (including phenoxy) is 1. The molecule has 26 heavy (non-hydrogen) atoms. The van der Waals surface area contributed by atoms with Crippen molar-refractivity contribution < 1.29 is 13.9 Å². The van der Waals surface area contributed by atoms with Crippen LogP contribution in [0, 0.1) is 12.3 Å². The number of nitrogens with one attached hydrogen (secondary N) is 3. The number of aliphatic imine (C=N–C) groups is 1. The first-order chi connectivity index (χ1) is 12.2. The Morgan fingerprint density at radius 3 is 2.58 bits per heavy atom. The fourth-order valence-electron chi connectivity index (χ4n) is 3.27. The highest BCUT2D eigenvalue weighted by atomic mass is 16.5. The Morgan fingerprint density at radius 1 is 1.35 bits per heavy atom. The van der Waals surface area contributed by atoms with Crippen LogP contribution in [0.3, 0.4) is 0 Å². The summed E-state index contributed by atoms with van der Waals surface area (Å²) in [4.78, 5) is 16.2. The number of hydrogen-bond acceptors (Lipinski definition) is 4. The van der Waals surface area contributed by atoms with E-state index in [0.717, 1.165) is 24.4 Å². The zero-order chi connectivity index (χ0) is 19.4. The monoisotopic (exact) mass is 364 g/mol. The zero-order valence-electron chi connectivity index (χ0n) is 16.7. The summed E-state index contributed by atoms with van der Waals surface area (Å²) in [7, 11) is 3.53. The van der Waals surface area contributed by atoms with Crippen molar-refractivity contribution in [3.8, 4) is 0 Å². The van der Waals surface area contributed by atoms with Gasteiger partial charge < -0.3 is 25.1 Å². The van der Waals surface area contributed by atoms with Crippen LogP contribution in [0.5, 0.6) is 0 Å². The highest BCUT2D eigenvalue weighted by molar-refractivity contribution is 5.92. The molecule has 0 saturated heterocycles. The van der Waals surface area contributed by atoms with Crippen LogP contribution in [-0.2, 0) is 4.74 Å². The van der Waals surface area contributed by atoms with Crippen LogP contribution in [-0.4, -0.2) is 50.8 Å². The topological polar surface area (TPSA) is 87.9 Å². The third kappa shape index (κ3) is 4.03. The average Bonchev–Trinajstić information content (AvgIpc) is 3.05. The molecule has 7 nitrogen and oxygen atoms in total. The Kier molecular flexibility index (Phi) is 6.34. The lowest BCUT2D eigenvalue weighted by Crippen LogP contribution is -2.69. The number of amides is 1. The van der Waals surface area contributed by atoms with Gasteiger partial charge in [-0.1, -0.05) is 13.8 Å². The fourth-order valence-corrected chi connectivity index (χ4v) is 3.27. The summed E-state index contributed by atoms with van der Waals surface area (Å²) >= 11 is 0. The molecule has 1 aromatic rings. The maximum Gasteiger partial charge on any atom is 0.287 e. The minimum atomic E-state index is -0.176. The Bertz CT molecular complexity index is 653. The number of methoxy groups -OCH3 is 1. The van der Waals surface area contributed by atoms with E-state index in [1.54, 1.807) is 20.2 Å². The van der Waals surface area contributed by atoms with Crippen LogP contribution in [0.25, 0.3) is 0 Å². The van der Waals surface area contributed by atoms with Crippen molar-refractivity contribution in [2.45, 2.75) is 52.2 Å². The maximum atomic E-state index is 12.0. The highest BCUT2D eigenvalue weighted by Gasteiger charge is 2.58. The van der Waals surface area contributed by atoms with E-state index in [-0.39, 0.29) is 16.9 Å². The second-order valence-corrected chi connectivity index (χ2v) is 7.60. The molecule has 1 amide bonds. The molecule has 1 heterocycles. The minimum Gasteiger partial charge on any atom is -0.459 e. The van der Waals surface area contributed by atoms with Crippen LogP contribution in [0.2, 0.25) is 0 Å². The summed E-state index contributed by atoms with van der Waals surface area (Å²) in [5.41, 5.74) is 0.753. The molecule has 0 aliphatic heterocycles. The summed E-state index contributed by atoms with van der Waals surface area (Å²) < 4.78 is 10.8. The lowest BCUT2D eigenvalue weighted by Gasteiger charge is -2.59. The van der Waals surface area contributed by atoms with Gasteiger partial charge in [-0.15, -0.1) is 0 Å². The van der Waals surface area contributed by atoms with Crippen molar-refractivity contribution in [3.05, 3.63) is 23.7 Å². The van der Waals surface area contributed by atoms with Gasteiger partial charge >= 0.3 is 0 Å². The largest absolute Gasteiger partial charge is 0.459 e. The molecule has 146 valence electrons. The van der Waals surface area contributed by atoms with Crippen molar-refractivity contribution in [1.82, 2.24) is 16.0 Å². The van der Waals surface area contributed by atoms with Crippen molar-refractivity contribution in [3.63, 3.8) is 0 Å². The third-order valence-electron chi connectivity index (χ3n) is 5.81. The molecule has 0 bridgehead atoms. The number of aryl methyl sites for hydroxylation is 1. The van der Waals surface area contributed by atoms with Gasteiger partial charge in [0.15, 0.2) is 11.7 Å². The molecule has 1 aromatic heterocycles. The number of furan rings is 1. The Balaban J connectivity index is 1.69. The van der Waals surface area contributed by atoms with Gasteiger partial charge in [-0.2, -0.15) is 0 Å². The Hall–Kier alpha value is -2.02. The first-order valence-corrected chi connectivity index (χ1v) is 9.10. The number of nitrogens with zero attached hydrogens (tertiary/aromatic N) is 1. The molecule has 0 spiro atoms. The molecule has 2 atom stereocenters. The molecule has 2 unspecified atom stereocenters. The maximum absolute atomic E-state index is 12.0. The number of guanidine groups is 1. The van der Waals surface area contributed by atoms with E-state index in [1.807, 2.05) is 6.92 Å². The van der Waals surface area contributed by atoms with Crippen LogP contribution >= 0.6 is 0 Å². The molecule has 0 radical (unpaired) electrons. The molecule has 1 aliphatic rings. The molecule has 0 aromatic carbocycles. The van der Waals surface area contributed by atoms with E-state index < -0.39 is 0 Å². The van der Waals surface area contributed by atoms with E-state index in [9.17, 15) is 4.79 Å². The summed E-state index contributed by atoms with van der Waals surface area (Å²) in [5, 5.41) is 9.63. The molecule has 2 rings (SSSR count). The average molecular weight is 364 g/mol. The second-order valence-electron chi connectivity index (χ2n) is 7.60. The number of hydrogen-bond donors (Lipinski definition) is 3. The first-order valence-electron chi connectivity index (χ1n) is 9.10. The predicted octanol–water partition coefficient (Wildman–Crippen LogP) is 2.08. The Morgan fingerprint density at radius 2 is 2.04 bits per heavy atom. The third-order valence-corrected chi connectivity index (χ3v) is 5.81. The highest BCUT2D eigenvalue weighted by Crippen LogP contribution is 2.51.